The molecule has 1 saturated heterocycles. The molecule has 1 aliphatic heterocycles. The molecule has 0 atom stereocenters. The first kappa shape index (κ1) is 22.6. The Morgan fingerprint density at radius 1 is 0.939 bits per heavy atom. The van der Waals surface area contributed by atoms with Gasteiger partial charge in [0.05, 0.1) is 5.69 Å². The molecule has 1 fully saturated rings. The van der Waals surface area contributed by atoms with Gasteiger partial charge in [0.1, 0.15) is 0 Å². The van der Waals surface area contributed by atoms with E-state index < -0.39 is 21.4 Å². The molecule has 2 aromatic carbocycles. The van der Waals surface area contributed by atoms with Gasteiger partial charge in [-0.2, -0.15) is 9.40 Å². The third-order valence-electron chi connectivity index (χ3n) is 5.43. The number of hydrogen-bond acceptors (Lipinski definition) is 5. The normalized spacial score (nSPS) is 15.1. The van der Waals surface area contributed by atoms with E-state index in [0.29, 0.717) is 5.69 Å². The second-order valence-corrected chi connectivity index (χ2v) is 9.51. The van der Waals surface area contributed by atoms with Crippen LogP contribution in [-0.4, -0.2) is 59.5 Å². The van der Waals surface area contributed by atoms with Crippen LogP contribution in [0, 0.1) is 6.92 Å². The van der Waals surface area contributed by atoms with E-state index in [1.54, 1.807) is 17.7 Å². The zero-order chi connectivity index (χ0) is 23.4. The third-order valence-corrected chi connectivity index (χ3v) is 6.99. The lowest BCUT2D eigenvalue weighted by Gasteiger charge is -2.33. The summed E-state index contributed by atoms with van der Waals surface area (Å²) >= 11 is 0. The van der Waals surface area contributed by atoms with Gasteiger partial charge in [-0.1, -0.05) is 48.5 Å². The quantitative estimate of drug-likeness (QED) is 0.578. The number of benzene rings is 2. The van der Waals surface area contributed by atoms with Crippen molar-refractivity contribution in [3.8, 4) is 5.69 Å². The Labute approximate surface area is 192 Å². The number of rotatable bonds is 5. The maximum Gasteiger partial charge on any atom is 0.278 e. The van der Waals surface area contributed by atoms with Gasteiger partial charge in [-0.15, -0.1) is 0 Å². The summed E-state index contributed by atoms with van der Waals surface area (Å²) < 4.78 is 28.2. The fourth-order valence-corrected chi connectivity index (χ4v) is 4.81. The monoisotopic (exact) mass is 464 g/mol. The average Bonchev–Trinajstić information content (AvgIpc) is 2.84. The first-order valence-electron chi connectivity index (χ1n) is 10.5. The Morgan fingerprint density at radius 2 is 1.55 bits per heavy atom. The largest absolute Gasteiger partial charge is 0.334 e. The van der Waals surface area contributed by atoms with Gasteiger partial charge in [0.2, 0.25) is 15.5 Å². The van der Waals surface area contributed by atoms with Crippen molar-refractivity contribution in [2.24, 2.45) is 0 Å². The van der Waals surface area contributed by atoms with E-state index >= 15 is 0 Å². The van der Waals surface area contributed by atoms with Crippen LogP contribution in [0.1, 0.15) is 21.7 Å². The molecule has 0 aliphatic carbocycles. The number of piperazine rings is 1. The molecule has 9 heteroatoms. The van der Waals surface area contributed by atoms with E-state index in [1.807, 2.05) is 60.7 Å². The van der Waals surface area contributed by atoms with Crippen LogP contribution < -0.4 is 5.43 Å². The maximum absolute atomic E-state index is 13.1. The molecule has 8 nitrogen and oxygen atoms in total. The van der Waals surface area contributed by atoms with Gasteiger partial charge in [0, 0.05) is 43.3 Å². The predicted molar refractivity (Wildman–Crippen MR) is 126 cm³/mol. The van der Waals surface area contributed by atoms with Gasteiger partial charge in [-0.3, -0.25) is 9.59 Å². The minimum absolute atomic E-state index is 0.145. The van der Waals surface area contributed by atoms with E-state index in [1.165, 1.54) is 20.7 Å². The van der Waals surface area contributed by atoms with Crippen LogP contribution >= 0.6 is 0 Å². The summed E-state index contributed by atoms with van der Waals surface area (Å²) in [7, 11) is -3.62. The van der Waals surface area contributed by atoms with E-state index in [4.69, 9.17) is 0 Å². The molecule has 1 amide bonds. The summed E-state index contributed by atoms with van der Waals surface area (Å²) in [6.07, 6.45) is 1.55. The first-order valence-corrected chi connectivity index (χ1v) is 12.0. The Balaban J connectivity index is 1.48. The molecule has 3 aromatic rings. The lowest BCUT2D eigenvalue weighted by Crippen LogP contribution is -2.51. The summed E-state index contributed by atoms with van der Waals surface area (Å²) in [5.74, 6) is -0.499. The Hall–Kier alpha value is -3.56. The highest BCUT2D eigenvalue weighted by atomic mass is 32.2. The van der Waals surface area contributed by atoms with Crippen molar-refractivity contribution in [2.45, 2.75) is 6.92 Å². The lowest BCUT2D eigenvalue weighted by molar-refractivity contribution is 0.0689. The number of sulfonamides is 1. The standard InChI is InChI=1S/C24H24N4O4S/c1-19-18-22(29)23(25-28(19)21-10-6-3-7-11-21)24(30)26-13-15-27(16-14-26)33(31,32)17-12-20-8-4-2-5-9-20/h2-12,17-18H,13-16H2,1H3. The van der Waals surface area contributed by atoms with Crippen LogP contribution in [0.5, 0.6) is 0 Å². The minimum atomic E-state index is -3.62. The maximum atomic E-state index is 13.1. The molecule has 0 N–H and O–H groups in total. The van der Waals surface area contributed by atoms with Crippen LogP contribution in [0.2, 0.25) is 0 Å². The first-order chi connectivity index (χ1) is 15.8. The number of amides is 1. The minimum Gasteiger partial charge on any atom is -0.334 e. The highest BCUT2D eigenvalue weighted by Crippen LogP contribution is 2.14. The number of hydrogen-bond donors (Lipinski definition) is 0. The molecule has 0 spiro atoms. The average molecular weight is 465 g/mol. The fraction of sp³-hybridized carbons (Fsp3) is 0.208. The number of para-hydroxylation sites is 1. The lowest BCUT2D eigenvalue weighted by atomic mass is 10.2. The van der Waals surface area contributed by atoms with Crippen LogP contribution in [0.25, 0.3) is 11.8 Å². The zero-order valence-electron chi connectivity index (χ0n) is 18.2. The molecule has 1 aromatic heterocycles. The summed E-state index contributed by atoms with van der Waals surface area (Å²) in [6, 6.07) is 19.8. The molecule has 2 heterocycles. The van der Waals surface area contributed by atoms with E-state index in [9.17, 15) is 18.0 Å². The zero-order valence-corrected chi connectivity index (χ0v) is 19.0. The Kier molecular flexibility index (Phi) is 6.52. The molecular weight excluding hydrogens is 440 g/mol. The number of aryl methyl sites for hydroxylation is 1. The van der Waals surface area contributed by atoms with Gasteiger partial charge in [0.15, 0.2) is 5.69 Å². The van der Waals surface area contributed by atoms with Crippen molar-refractivity contribution in [3.05, 3.63) is 99.3 Å². The Morgan fingerprint density at radius 3 is 2.18 bits per heavy atom. The number of aromatic nitrogens is 2. The molecule has 0 bridgehead atoms. The summed E-state index contributed by atoms with van der Waals surface area (Å²) in [6.45, 7) is 2.40. The van der Waals surface area contributed by atoms with Gasteiger partial charge in [-0.25, -0.2) is 13.1 Å². The van der Waals surface area contributed by atoms with Crippen molar-refractivity contribution in [1.29, 1.82) is 0 Å². The van der Waals surface area contributed by atoms with Crippen molar-refractivity contribution in [2.75, 3.05) is 26.2 Å². The van der Waals surface area contributed by atoms with Crippen LogP contribution in [0.15, 0.2) is 76.9 Å². The SMILES string of the molecule is Cc1cc(=O)c(C(=O)N2CCN(S(=O)(=O)C=Cc3ccccc3)CC2)nn1-c1ccccc1. The smallest absolute Gasteiger partial charge is 0.278 e. The highest BCUT2D eigenvalue weighted by Gasteiger charge is 2.29. The van der Waals surface area contributed by atoms with Gasteiger partial charge in [0.25, 0.3) is 5.91 Å². The van der Waals surface area contributed by atoms with E-state index in [-0.39, 0.29) is 31.9 Å². The van der Waals surface area contributed by atoms with Crippen molar-refractivity contribution >= 4 is 22.0 Å². The fourth-order valence-electron chi connectivity index (χ4n) is 3.64. The molecule has 4 rings (SSSR count). The van der Waals surface area contributed by atoms with Gasteiger partial charge < -0.3 is 4.90 Å². The number of nitrogens with zero attached hydrogens (tertiary/aromatic N) is 4. The molecule has 33 heavy (non-hydrogen) atoms. The number of carbonyl (C=O) groups is 1. The van der Waals surface area contributed by atoms with Gasteiger partial charge >= 0.3 is 0 Å². The summed E-state index contributed by atoms with van der Waals surface area (Å²) in [4.78, 5) is 27.0. The second kappa shape index (κ2) is 9.51. The van der Waals surface area contributed by atoms with E-state index in [0.717, 1.165) is 11.3 Å². The van der Waals surface area contributed by atoms with Crippen LogP contribution in [0.4, 0.5) is 0 Å². The second-order valence-electron chi connectivity index (χ2n) is 7.70. The van der Waals surface area contributed by atoms with Crippen LogP contribution in [-0.2, 0) is 10.0 Å². The van der Waals surface area contributed by atoms with Gasteiger partial charge in [-0.05, 0) is 30.7 Å². The molecule has 1 aliphatic rings. The van der Waals surface area contributed by atoms with Crippen molar-refractivity contribution in [3.63, 3.8) is 0 Å². The molecule has 0 unspecified atom stereocenters. The van der Waals surface area contributed by atoms with E-state index in [2.05, 4.69) is 5.10 Å². The summed E-state index contributed by atoms with van der Waals surface area (Å²) in [5.41, 5.74) is 1.51. The highest BCUT2D eigenvalue weighted by molar-refractivity contribution is 7.92. The Bertz CT molecular complexity index is 1330. The molecule has 170 valence electrons. The third kappa shape index (κ3) is 5.10. The molecule has 0 saturated carbocycles. The van der Waals surface area contributed by atoms with Crippen LogP contribution in [0.3, 0.4) is 0 Å². The topological polar surface area (TPSA) is 92.6 Å². The molecule has 0 radical (unpaired) electrons. The predicted octanol–water partition coefficient (Wildman–Crippen LogP) is 2.30. The van der Waals surface area contributed by atoms with Crippen molar-refractivity contribution < 1.29 is 13.2 Å². The van der Waals surface area contributed by atoms with Crippen molar-refractivity contribution in [1.82, 2.24) is 19.0 Å². The molecular formula is C24H24N4O4S. The summed E-state index contributed by atoms with van der Waals surface area (Å²) in [5, 5.41) is 5.50. The number of carbonyl (C=O) groups excluding carboxylic acids is 1.